The van der Waals surface area contributed by atoms with Gasteiger partial charge in [-0.05, 0) is 60.4 Å². The predicted octanol–water partition coefficient (Wildman–Crippen LogP) is 1.59. The lowest BCUT2D eigenvalue weighted by atomic mass is 10.1. The number of amides is 3. The molecule has 2 aromatic carbocycles. The summed E-state index contributed by atoms with van der Waals surface area (Å²) < 4.78 is 31.8. The van der Waals surface area contributed by atoms with Gasteiger partial charge in [0.05, 0.1) is 57.5 Å². The Balaban J connectivity index is 0.000000533. The van der Waals surface area contributed by atoms with Gasteiger partial charge in [-0.15, -0.1) is 0 Å². The fourth-order valence-electron chi connectivity index (χ4n) is 8.47. The van der Waals surface area contributed by atoms with Crippen molar-refractivity contribution in [3.8, 4) is 11.8 Å². The number of fused-ring (bicyclic) bond motifs is 1. The van der Waals surface area contributed by atoms with Crippen molar-refractivity contribution in [2.24, 2.45) is 0 Å². The van der Waals surface area contributed by atoms with Crippen LogP contribution < -0.4 is 10.1 Å². The van der Waals surface area contributed by atoms with Gasteiger partial charge >= 0.3 is 17.9 Å². The van der Waals surface area contributed by atoms with Crippen molar-refractivity contribution < 1.29 is 57.6 Å². The minimum atomic E-state index is -3.02. The van der Waals surface area contributed by atoms with Crippen LogP contribution in [-0.2, 0) is 28.8 Å². The number of benzene rings is 2. The first kappa shape index (κ1) is 55.3. The van der Waals surface area contributed by atoms with Gasteiger partial charge in [0.2, 0.25) is 18.2 Å². The molecule has 3 amide bonds. The van der Waals surface area contributed by atoms with Crippen LogP contribution in [0.1, 0.15) is 29.5 Å². The minimum absolute atomic E-state index is 0.00904. The molecule has 3 fully saturated rings. The van der Waals surface area contributed by atoms with Crippen LogP contribution in [0.15, 0.2) is 54.7 Å². The summed E-state index contributed by atoms with van der Waals surface area (Å²) >= 11 is 0. The number of aromatic nitrogens is 1. The predicted molar refractivity (Wildman–Crippen MR) is 258 cm³/mol. The molecule has 22 heteroatoms. The summed E-state index contributed by atoms with van der Waals surface area (Å²) in [5.41, 5.74) is 4.41. The van der Waals surface area contributed by atoms with Crippen molar-refractivity contribution in [2.75, 3.05) is 131 Å². The van der Waals surface area contributed by atoms with Gasteiger partial charge in [-0.1, -0.05) is 30.4 Å². The van der Waals surface area contributed by atoms with Gasteiger partial charge in [0.15, 0.2) is 0 Å². The Morgan fingerprint density at radius 3 is 1.80 bits per heavy atom. The second-order valence-corrected chi connectivity index (χ2v) is 17.7. The van der Waals surface area contributed by atoms with Crippen LogP contribution in [-0.4, -0.2) is 234 Å². The number of aryl methyl sites for hydroxylation is 1. The Kier molecular flexibility index (Phi) is 21.5. The zero-order valence-corrected chi connectivity index (χ0v) is 40.0. The molecule has 20 nitrogen and oxygen atoms in total. The number of piperazine rings is 1. The number of carboxylic acid groups (broad SMARTS) is 3. The highest BCUT2D eigenvalue weighted by Crippen LogP contribution is 2.31. The highest BCUT2D eigenvalue weighted by atomic mass is 19.3. The topological polar surface area (TPSA) is 244 Å². The molecule has 4 N–H and O–H groups in total. The number of alkyl halides is 2. The molecule has 0 bridgehead atoms. The molecule has 1 unspecified atom stereocenters. The third kappa shape index (κ3) is 18.9. The van der Waals surface area contributed by atoms with Gasteiger partial charge in [-0.2, -0.15) is 5.26 Å². The molecule has 71 heavy (non-hydrogen) atoms. The zero-order chi connectivity index (χ0) is 51.3. The van der Waals surface area contributed by atoms with Crippen molar-refractivity contribution in [1.29, 1.82) is 5.26 Å². The molecule has 6 rings (SSSR count). The van der Waals surface area contributed by atoms with Gasteiger partial charge in [-0.25, -0.2) is 8.78 Å². The Morgan fingerprint density at radius 2 is 1.27 bits per heavy atom. The Labute approximate surface area is 411 Å². The monoisotopic (exact) mass is 990 g/mol. The van der Waals surface area contributed by atoms with E-state index in [1.165, 1.54) is 5.56 Å². The normalized spacial score (nSPS) is 18.9. The van der Waals surface area contributed by atoms with E-state index in [2.05, 4.69) is 46.4 Å². The van der Waals surface area contributed by atoms with Crippen LogP contribution in [0.5, 0.6) is 5.75 Å². The lowest BCUT2D eigenvalue weighted by Crippen LogP contribution is -2.53. The lowest BCUT2D eigenvalue weighted by molar-refractivity contribution is -0.141. The molecule has 3 aliphatic heterocycles. The van der Waals surface area contributed by atoms with E-state index in [1.54, 1.807) is 20.8 Å². The third-order valence-electron chi connectivity index (χ3n) is 12.4. The number of aliphatic carboxylic acids is 3. The number of halogens is 2. The SMILES string of the molecule is Cc1ccnc2ccc(/C=C/c3ccc(OCCCN4CCN(C(=O)CN5CCN(CC(=O)O)CCN(CC(=O)O)CCN(CC(=O)O)CC5)CC4)cc3)cc12.N#CC1CC(F)(F)CN1C(=O)CNC=O. The van der Waals surface area contributed by atoms with E-state index in [0.717, 1.165) is 58.7 Å². The van der Waals surface area contributed by atoms with Crippen LogP contribution in [0.4, 0.5) is 8.78 Å². The number of nitrogens with one attached hydrogen (secondary N) is 1. The standard InChI is InChI=1S/C41H55N7O8.C8H9F2N3O2/c1-32-11-12-42-37-10-7-34(27-36(32)37)4-3-33-5-8-35(9-6-33)56-26-2-13-43-22-24-48(25-23-43)38(49)28-44-14-16-45(29-39(50)51)18-20-47(31-41(54)55)21-19-46(17-15-44)30-40(52)53;9-8(10)1-6(2-11)13(4-8)7(15)3-12-5-14/h3-12,27H,2,13-26,28-31H2,1H3,(H,50,51)(H,52,53)(H,54,55);5-6H,1,3-4H2,(H,12,14)/b4-3+;. The first-order chi connectivity index (χ1) is 34.0. The first-order valence-electron chi connectivity index (χ1n) is 23.6. The molecule has 0 spiro atoms. The number of nitrogens with zero attached hydrogens (tertiary/aromatic N) is 9. The summed E-state index contributed by atoms with van der Waals surface area (Å²) in [5.74, 6) is -5.84. The number of carboxylic acids is 3. The van der Waals surface area contributed by atoms with Crippen molar-refractivity contribution in [1.82, 2.24) is 44.6 Å². The van der Waals surface area contributed by atoms with E-state index in [0.29, 0.717) is 78.5 Å². The fourth-order valence-corrected chi connectivity index (χ4v) is 8.47. The molecule has 1 atom stereocenters. The van der Waals surface area contributed by atoms with Gasteiger partial charge in [-0.3, -0.25) is 58.3 Å². The molecule has 384 valence electrons. The molecule has 1 aromatic heterocycles. The molecule has 0 radical (unpaired) electrons. The maximum atomic E-state index is 13.5. The largest absolute Gasteiger partial charge is 0.494 e. The maximum absolute atomic E-state index is 13.5. The Hall–Kier alpha value is -6.64. The highest BCUT2D eigenvalue weighted by Gasteiger charge is 2.47. The molecular weight excluding hydrogens is 927 g/mol. The average Bonchev–Trinajstić information content (AvgIpc) is 3.67. The van der Waals surface area contributed by atoms with Gasteiger partial charge < -0.3 is 35.2 Å². The number of hydrogen-bond acceptors (Lipinski definition) is 14. The number of carbonyl (C=O) groups excluding carboxylic acids is 3. The average molecular weight is 991 g/mol. The van der Waals surface area contributed by atoms with Crippen molar-refractivity contribution in [2.45, 2.75) is 31.7 Å². The van der Waals surface area contributed by atoms with E-state index in [9.17, 15) is 52.9 Å². The van der Waals surface area contributed by atoms with Crippen LogP contribution >= 0.6 is 0 Å². The summed E-state index contributed by atoms with van der Waals surface area (Å²) in [6, 6.07) is 16.9. The van der Waals surface area contributed by atoms with E-state index in [4.69, 9.17) is 10.00 Å². The van der Waals surface area contributed by atoms with Crippen LogP contribution in [0, 0.1) is 18.3 Å². The molecule has 3 aliphatic rings. The smallest absolute Gasteiger partial charge is 0.317 e. The van der Waals surface area contributed by atoms with Crippen LogP contribution in [0.25, 0.3) is 23.1 Å². The summed E-state index contributed by atoms with van der Waals surface area (Å²) in [6.45, 7) is 7.59. The van der Waals surface area contributed by atoms with E-state index in [-0.39, 0.29) is 38.6 Å². The number of rotatable bonds is 18. The van der Waals surface area contributed by atoms with Crippen LogP contribution in [0.3, 0.4) is 0 Å². The fraction of sp³-hybridized carbons (Fsp3) is 0.510. The Bertz CT molecular complexity index is 2310. The molecule has 0 aliphatic carbocycles. The Morgan fingerprint density at radius 1 is 0.746 bits per heavy atom. The first-order valence-corrected chi connectivity index (χ1v) is 23.6. The summed E-state index contributed by atoms with van der Waals surface area (Å²) in [5, 5.41) is 40.1. The van der Waals surface area contributed by atoms with Crippen molar-refractivity contribution >= 4 is 59.2 Å². The third-order valence-corrected chi connectivity index (χ3v) is 12.4. The molecule has 3 saturated heterocycles. The van der Waals surface area contributed by atoms with Crippen LogP contribution in [0.2, 0.25) is 0 Å². The number of nitriles is 1. The second-order valence-electron chi connectivity index (χ2n) is 17.7. The van der Waals surface area contributed by atoms with Gasteiger partial charge in [0.1, 0.15) is 11.8 Å². The zero-order valence-electron chi connectivity index (χ0n) is 40.0. The van der Waals surface area contributed by atoms with Crippen molar-refractivity contribution in [3.05, 3.63) is 71.4 Å². The molecule has 0 saturated carbocycles. The molecule has 4 heterocycles. The van der Waals surface area contributed by atoms with E-state index in [1.807, 2.05) is 52.4 Å². The summed E-state index contributed by atoms with van der Waals surface area (Å²) in [6.07, 6.45) is 6.54. The summed E-state index contributed by atoms with van der Waals surface area (Å²) in [4.78, 5) is 85.9. The van der Waals surface area contributed by atoms with Crippen molar-refractivity contribution in [3.63, 3.8) is 0 Å². The molecular formula is C49H64F2N10O10. The number of likely N-dealkylation sites (tertiary alicyclic amines) is 1. The van der Waals surface area contributed by atoms with E-state index >= 15 is 0 Å². The highest BCUT2D eigenvalue weighted by molar-refractivity contribution is 5.85. The number of pyridine rings is 1. The number of hydrogen-bond donors (Lipinski definition) is 4. The lowest BCUT2D eigenvalue weighted by Gasteiger charge is -2.37. The second kappa shape index (κ2) is 27.7. The number of carbonyl (C=O) groups is 6. The van der Waals surface area contributed by atoms with Gasteiger partial charge in [0.25, 0.3) is 5.92 Å². The quantitative estimate of drug-likeness (QED) is 0.0804. The number of ether oxygens (including phenoxy) is 1. The van der Waals surface area contributed by atoms with Gasteiger partial charge in [0, 0.05) is 103 Å². The van der Waals surface area contributed by atoms with E-state index < -0.39 is 48.7 Å². The molecule has 3 aromatic rings. The maximum Gasteiger partial charge on any atom is 0.317 e. The summed E-state index contributed by atoms with van der Waals surface area (Å²) in [7, 11) is 0. The minimum Gasteiger partial charge on any atom is -0.494 e.